The molecule has 25 heavy (non-hydrogen) atoms. The molecule has 2 aromatic rings. The van der Waals surface area contributed by atoms with Gasteiger partial charge in [-0.1, -0.05) is 42.5 Å². The van der Waals surface area contributed by atoms with Gasteiger partial charge in [0.1, 0.15) is 0 Å². The Bertz CT molecular complexity index is 701. The monoisotopic (exact) mass is 338 g/mol. The zero-order valence-corrected chi connectivity index (χ0v) is 14.1. The third-order valence-corrected chi connectivity index (χ3v) is 4.62. The molecule has 3 rings (SSSR count). The molecule has 2 aromatic carbocycles. The quantitative estimate of drug-likeness (QED) is 0.704. The molecule has 0 radical (unpaired) electrons. The Labute approximate surface area is 148 Å². The van der Waals surface area contributed by atoms with Gasteiger partial charge in [0.2, 0.25) is 0 Å². The molecule has 5 nitrogen and oxygen atoms in total. The molecule has 1 aliphatic heterocycles. The lowest BCUT2D eigenvalue weighted by Gasteiger charge is -2.32. The van der Waals surface area contributed by atoms with Gasteiger partial charge in [0.05, 0.1) is 0 Å². The molecule has 1 amide bonds. The van der Waals surface area contributed by atoms with E-state index < -0.39 is 7.12 Å². The third-order valence-electron chi connectivity index (χ3n) is 4.62. The van der Waals surface area contributed by atoms with Crippen molar-refractivity contribution in [3.05, 3.63) is 65.7 Å². The van der Waals surface area contributed by atoms with E-state index in [1.54, 1.807) is 18.2 Å². The Morgan fingerprint density at radius 1 is 1.08 bits per heavy atom. The van der Waals surface area contributed by atoms with Crippen LogP contribution < -0.4 is 10.8 Å². The topological polar surface area (TPSA) is 72.8 Å². The molecule has 0 aliphatic carbocycles. The molecule has 1 fully saturated rings. The zero-order valence-electron chi connectivity index (χ0n) is 14.1. The SMILES string of the molecule is O=C(NC1CCN(Cc2ccccc2)CC1)c1cccc(B(O)O)c1. The molecular formula is C19H23BN2O3. The minimum absolute atomic E-state index is 0.155. The van der Waals surface area contributed by atoms with E-state index in [1.807, 2.05) is 6.07 Å². The van der Waals surface area contributed by atoms with Crippen molar-refractivity contribution in [2.45, 2.75) is 25.4 Å². The minimum atomic E-state index is -1.56. The highest BCUT2D eigenvalue weighted by Crippen LogP contribution is 2.14. The van der Waals surface area contributed by atoms with Gasteiger partial charge in [-0.15, -0.1) is 0 Å². The largest absolute Gasteiger partial charge is 0.488 e. The van der Waals surface area contributed by atoms with E-state index >= 15 is 0 Å². The first-order chi connectivity index (χ1) is 12.1. The highest BCUT2D eigenvalue weighted by molar-refractivity contribution is 6.58. The van der Waals surface area contributed by atoms with Crippen LogP contribution in [0.4, 0.5) is 0 Å². The summed E-state index contributed by atoms with van der Waals surface area (Å²) in [6.07, 6.45) is 1.84. The predicted octanol–water partition coefficient (Wildman–Crippen LogP) is 0.761. The van der Waals surface area contributed by atoms with Crippen molar-refractivity contribution < 1.29 is 14.8 Å². The van der Waals surface area contributed by atoms with Crippen LogP contribution in [0.2, 0.25) is 0 Å². The summed E-state index contributed by atoms with van der Waals surface area (Å²) in [6, 6.07) is 17.0. The second kappa shape index (κ2) is 8.29. The van der Waals surface area contributed by atoms with Gasteiger partial charge < -0.3 is 15.4 Å². The first-order valence-electron chi connectivity index (χ1n) is 8.65. The van der Waals surface area contributed by atoms with E-state index in [-0.39, 0.29) is 11.9 Å². The smallest absolute Gasteiger partial charge is 0.423 e. The fourth-order valence-electron chi connectivity index (χ4n) is 3.19. The van der Waals surface area contributed by atoms with E-state index in [2.05, 4.69) is 34.5 Å². The van der Waals surface area contributed by atoms with E-state index in [9.17, 15) is 14.8 Å². The van der Waals surface area contributed by atoms with Crippen molar-refractivity contribution in [1.29, 1.82) is 0 Å². The fraction of sp³-hybridized carbons (Fsp3) is 0.316. The Hall–Kier alpha value is -2.15. The lowest BCUT2D eigenvalue weighted by Crippen LogP contribution is -2.44. The maximum Gasteiger partial charge on any atom is 0.488 e. The fourth-order valence-corrected chi connectivity index (χ4v) is 3.19. The van der Waals surface area contributed by atoms with E-state index in [0.717, 1.165) is 32.5 Å². The van der Waals surface area contributed by atoms with Crippen molar-refractivity contribution in [1.82, 2.24) is 10.2 Å². The second-order valence-corrected chi connectivity index (χ2v) is 6.51. The average molecular weight is 338 g/mol. The summed E-state index contributed by atoms with van der Waals surface area (Å²) in [5.74, 6) is -0.163. The van der Waals surface area contributed by atoms with Gasteiger partial charge in [0, 0.05) is 31.2 Å². The highest BCUT2D eigenvalue weighted by atomic mass is 16.4. The number of hydrogen-bond donors (Lipinski definition) is 3. The van der Waals surface area contributed by atoms with Gasteiger partial charge in [-0.3, -0.25) is 9.69 Å². The summed E-state index contributed by atoms with van der Waals surface area (Å²) < 4.78 is 0. The zero-order chi connectivity index (χ0) is 17.6. The summed E-state index contributed by atoms with van der Waals surface area (Å²) in [6.45, 7) is 2.85. The van der Waals surface area contributed by atoms with Crippen LogP contribution in [0, 0.1) is 0 Å². The van der Waals surface area contributed by atoms with Gasteiger partial charge in [0.25, 0.3) is 5.91 Å². The lowest BCUT2D eigenvalue weighted by molar-refractivity contribution is 0.0909. The number of carbonyl (C=O) groups excluding carboxylic acids is 1. The molecule has 6 heteroatoms. The van der Waals surface area contributed by atoms with Crippen LogP contribution >= 0.6 is 0 Å². The molecule has 0 saturated carbocycles. The average Bonchev–Trinajstić information content (AvgIpc) is 2.64. The number of likely N-dealkylation sites (tertiary alicyclic amines) is 1. The maximum absolute atomic E-state index is 12.4. The molecular weight excluding hydrogens is 315 g/mol. The third kappa shape index (κ3) is 4.92. The molecule has 0 unspecified atom stereocenters. The first-order valence-corrected chi connectivity index (χ1v) is 8.65. The van der Waals surface area contributed by atoms with Gasteiger partial charge in [-0.2, -0.15) is 0 Å². The molecule has 0 aromatic heterocycles. The van der Waals surface area contributed by atoms with Crippen LogP contribution in [0.1, 0.15) is 28.8 Å². The Morgan fingerprint density at radius 3 is 2.48 bits per heavy atom. The summed E-state index contributed by atoms with van der Waals surface area (Å²) in [4.78, 5) is 14.8. The number of carbonyl (C=O) groups is 1. The van der Waals surface area contributed by atoms with E-state index in [4.69, 9.17) is 0 Å². The van der Waals surface area contributed by atoms with Crippen molar-refractivity contribution >= 4 is 18.5 Å². The molecule has 1 heterocycles. The minimum Gasteiger partial charge on any atom is -0.423 e. The Morgan fingerprint density at radius 2 is 1.80 bits per heavy atom. The second-order valence-electron chi connectivity index (χ2n) is 6.51. The van der Waals surface area contributed by atoms with Gasteiger partial charge in [-0.05, 0) is 36.0 Å². The summed E-state index contributed by atoms with van der Waals surface area (Å²) in [7, 11) is -1.56. The summed E-state index contributed by atoms with van der Waals surface area (Å²) in [5, 5.41) is 21.5. The molecule has 130 valence electrons. The van der Waals surface area contributed by atoms with Gasteiger partial charge in [0.15, 0.2) is 0 Å². The Balaban J connectivity index is 1.50. The number of amides is 1. The normalized spacial score (nSPS) is 15.8. The molecule has 1 saturated heterocycles. The molecule has 0 atom stereocenters. The standard InChI is InChI=1S/C19H23BN2O3/c23-19(16-7-4-8-17(13-16)20(24)25)21-18-9-11-22(12-10-18)14-15-5-2-1-3-6-15/h1-8,13,18,24-25H,9-12,14H2,(H,21,23). The van der Waals surface area contributed by atoms with Crippen LogP contribution in [0.5, 0.6) is 0 Å². The van der Waals surface area contributed by atoms with Crippen LogP contribution in [-0.4, -0.2) is 47.1 Å². The Kier molecular flexibility index (Phi) is 5.86. The molecule has 0 spiro atoms. The van der Waals surface area contributed by atoms with E-state index in [1.165, 1.54) is 11.6 Å². The van der Waals surface area contributed by atoms with Crippen molar-refractivity contribution in [2.24, 2.45) is 0 Å². The van der Waals surface area contributed by atoms with Crippen molar-refractivity contribution in [3.8, 4) is 0 Å². The van der Waals surface area contributed by atoms with Crippen LogP contribution in [0.25, 0.3) is 0 Å². The molecule has 0 bridgehead atoms. The summed E-state index contributed by atoms with van der Waals surface area (Å²) >= 11 is 0. The van der Waals surface area contributed by atoms with Gasteiger partial charge >= 0.3 is 7.12 Å². The number of piperidine rings is 1. The van der Waals surface area contributed by atoms with Crippen molar-refractivity contribution in [2.75, 3.05) is 13.1 Å². The maximum atomic E-state index is 12.4. The lowest BCUT2D eigenvalue weighted by atomic mass is 9.79. The van der Waals surface area contributed by atoms with E-state index in [0.29, 0.717) is 11.0 Å². The number of rotatable bonds is 5. The summed E-state index contributed by atoms with van der Waals surface area (Å²) in [5.41, 5.74) is 2.09. The van der Waals surface area contributed by atoms with Crippen molar-refractivity contribution in [3.63, 3.8) is 0 Å². The number of nitrogens with one attached hydrogen (secondary N) is 1. The molecule has 3 N–H and O–H groups in total. The number of benzene rings is 2. The molecule has 1 aliphatic rings. The first kappa shape index (κ1) is 17.7. The van der Waals surface area contributed by atoms with Crippen LogP contribution in [-0.2, 0) is 6.54 Å². The van der Waals surface area contributed by atoms with Crippen LogP contribution in [0.15, 0.2) is 54.6 Å². The highest BCUT2D eigenvalue weighted by Gasteiger charge is 2.22. The van der Waals surface area contributed by atoms with Crippen LogP contribution in [0.3, 0.4) is 0 Å². The number of hydrogen-bond acceptors (Lipinski definition) is 4. The number of nitrogens with zero attached hydrogens (tertiary/aromatic N) is 1. The van der Waals surface area contributed by atoms with Gasteiger partial charge in [-0.25, -0.2) is 0 Å². The predicted molar refractivity (Wildman–Crippen MR) is 98.5 cm³/mol.